The van der Waals surface area contributed by atoms with Gasteiger partial charge in [0.25, 0.3) is 0 Å². The third-order valence-electron chi connectivity index (χ3n) is 2.01. The first-order chi connectivity index (χ1) is 4.66. The van der Waals surface area contributed by atoms with Crippen LogP contribution in [0.1, 0.15) is 6.42 Å². The van der Waals surface area contributed by atoms with E-state index in [1.54, 1.807) is 0 Å². The molecule has 1 aliphatic rings. The first-order valence-electron chi connectivity index (χ1n) is 3.32. The van der Waals surface area contributed by atoms with Gasteiger partial charge in [-0.05, 0) is 6.42 Å². The number of aliphatic hydroxyl groups is 3. The van der Waals surface area contributed by atoms with E-state index >= 15 is 0 Å². The van der Waals surface area contributed by atoms with Crippen LogP contribution < -0.4 is 0 Å². The summed E-state index contributed by atoms with van der Waals surface area (Å²) in [6.45, 7) is -0.0741. The summed E-state index contributed by atoms with van der Waals surface area (Å²) in [6, 6.07) is 0. The molecule has 0 heterocycles. The third kappa shape index (κ3) is 1.29. The molecule has 0 radical (unpaired) electrons. The predicted molar refractivity (Wildman–Crippen MR) is 40.0 cm³/mol. The number of thiol groups is 1. The molecular weight excluding hydrogens is 152 g/mol. The fourth-order valence-electron chi connectivity index (χ4n) is 1.28. The average molecular weight is 164 g/mol. The van der Waals surface area contributed by atoms with Crippen molar-refractivity contribution in [1.29, 1.82) is 0 Å². The van der Waals surface area contributed by atoms with Crippen LogP contribution in [0, 0.1) is 5.92 Å². The second-order valence-electron chi connectivity index (χ2n) is 2.73. The van der Waals surface area contributed by atoms with Crippen LogP contribution in [0.2, 0.25) is 0 Å². The Morgan fingerprint density at radius 2 is 1.90 bits per heavy atom. The highest BCUT2D eigenvalue weighted by Gasteiger charge is 2.38. The fraction of sp³-hybridized carbons (Fsp3) is 1.00. The molecule has 4 heteroatoms. The highest BCUT2D eigenvalue weighted by molar-refractivity contribution is 7.81. The Bertz CT molecular complexity index is 120. The summed E-state index contributed by atoms with van der Waals surface area (Å²) in [5.41, 5.74) is 0. The van der Waals surface area contributed by atoms with Gasteiger partial charge in [-0.25, -0.2) is 0 Å². The van der Waals surface area contributed by atoms with Crippen LogP contribution in [0.3, 0.4) is 0 Å². The van der Waals surface area contributed by atoms with Gasteiger partial charge >= 0.3 is 0 Å². The zero-order chi connectivity index (χ0) is 7.72. The highest BCUT2D eigenvalue weighted by Crippen LogP contribution is 2.29. The van der Waals surface area contributed by atoms with E-state index in [0.717, 1.165) is 0 Å². The summed E-state index contributed by atoms with van der Waals surface area (Å²) >= 11 is 4.04. The minimum atomic E-state index is -0.799. The molecule has 1 fully saturated rings. The minimum absolute atomic E-state index is 0.0741. The van der Waals surface area contributed by atoms with Crippen molar-refractivity contribution >= 4 is 12.6 Å². The SMILES string of the molecule is OC[C@H]1C[C@@H](S)[C@H](O)[C@@H]1O. The van der Waals surface area contributed by atoms with Crippen LogP contribution >= 0.6 is 12.6 Å². The van der Waals surface area contributed by atoms with E-state index in [-0.39, 0.29) is 17.8 Å². The van der Waals surface area contributed by atoms with E-state index in [4.69, 9.17) is 15.3 Å². The molecule has 0 spiro atoms. The van der Waals surface area contributed by atoms with E-state index in [1.807, 2.05) is 0 Å². The first kappa shape index (κ1) is 8.33. The second-order valence-corrected chi connectivity index (χ2v) is 3.39. The lowest BCUT2D eigenvalue weighted by Gasteiger charge is -2.13. The molecule has 0 aromatic rings. The van der Waals surface area contributed by atoms with Gasteiger partial charge in [-0.2, -0.15) is 12.6 Å². The molecule has 60 valence electrons. The Balaban J connectivity index is 2.53. The molecule has 0 aliphatic heterocycles. The Morgan fingerprint density at radius 1 is 1.30 bits per heavy atom. The predicted octanol–water partition coefficient (Wildman–Crippen LogP) is -0.981. The molecule has 0 saturated heterocycles. The molecule has 1 aliphatic carbocycles. The second kappa shape index (κ2) is 3.09. The highest BCUT2D eigenvalue weighted by atomic mass is 32.1. The molecule has 4 atom stereocenters. The van der Waals surface area contributed by atoms with Crippen molar-refractivity contribution in [2.24, 2.45) is 5.92 Å². The average Bonchev–Trinajstić information content (AvgIpc) is 2.17. The quantitative estimate of drug-likeness (QED) is 0.377. The summed E-state index contributed by atoms with van der Waals surface area (Å²) in [5.74, 6) is -0.197. The zero-order valence-corrected chi connectivity index (χ0v) is 6.41. The molecule has 1 rings (SSSR count). The lowest BCUT2D eigenvalue weighted by molar-refractivity contribution is 0.00820. The van der Waals surface area contributed by atoms with Gasteiger partial charge in [-0.3, -0.25) is 0 Å². The Morgan fingerprint density at radius 3 is 2.10 bits per heavy atom. The van der Waals surface area contributed by atoms with Crippen molar-refractivity contribution in [2.75, 3.05) is 6.61 Å². The summed E-state index contributed by atoms with van der Waals surface area (Å²) in [4.78, 5) is 0. The van der Waals surface area contributed by atoms with Gasteiger partial charge in [-0.1, -0.05) is 0 Å². The maximum absolute atomic E-state index is 9.17. The van der Waals surface area contributed by atoms with E-state index < -0.39 is 12.2 Å². The Labute approximate surface area is 65.1 Å². The molecular formula is C6H12O3S. The largest absolute Gasteiger partial charge is 0.396 e. The number of hydrogen-bond donors (Lipinski definition) is 4. The van der Waals surface area contributed by atoms with E-state index in [0.29, 0.717) is 6.42 Å². The van der Waals surface area contributed by atoms with Crippen LogP contribution in [0.4, 0.5) is 0 Å². The minimum Gasteiger partial charge on any atom is -0.396 e. The van der Waals surface area contributed by atoms with Crippen LogP contribution in [0.5, 0.6) is 0 Å². The van der Waals surface area contributed by atoms with E-state index in [9.17, 15) is 0 Å². The molecule has 1 saturated carbocycles. The summed E-state index contributed by atoms with van der Waals surface area (Å²) in [6.07, 6.45) is -0.991. The number of hydrogen-bond acceptors (Lipinski definition) is 4. The maximum atomic E-state index is 9.17. The van der Waals surface area contributed by atoms with E-state index in [1.165, 1.54) is 0 Å². The molecule has 3 N–H and O–H groups in total. The van der Waals surface area contributed by atoms with Crippen molar-refractivity contribution < 1.29 is 15.3 Å². The van der Waals surface area contributed by atoms with Gasteiger partial charge in [0, 0.05) is 17.8 Å². The van der Waals surface area contributed by atoms with E-state index in [2.05, 4.69) is 12.6 Å². The van der Waals surface area contributed by atoms with Crippen LogP contribution in [0.15, 0.2) is 0 Å². The van der Waals surface area contributed by atoms with Crippen molar-refractivity contribution in [2.45, 2.75) is 23.9 Å². The molecule has 0 aromatic carbocycles. The van der Waals surface area contributed by atoms with Crippen molar-refractivity contribution in [3.63, 3.8) is 0 Å². The molecule has 10 heavy (non-hydrogen) atoms. The van der Waals surface area contributed by atoms with Crippen molar-refractivity contribution in [3.05, 3.63) is 0 Å². The van der Waals surface area contributed by atoms with Crippen LogP contribution in [-0.2, 0) is 0 Å². The van der Waals surface area contributed by atoms with Gasteiger partial charge in [-0.15, -0.1) is 0 Å². The monoisotopic (exact) mass is 164 g/mol. The van der Waals surface area contributed by atoms with Gasteiger partial charge < -0.3 is 15.3 Å². The number of aliphatic hydroxyl groups excluding tert-OH is 3. The lowest BCUT2D eigenvalue weighted by Crippen LogP contribution is -2.29. The summed E-state index contributed by atoms with van der Waals surface area (Å²) in [5, 5.41) is 26.8. The lowest BCUT2D eigenvalue weighted by atomic mass is 10.1. The molecule has 0 bridgehead atoms. The normalized spacial score (nSPS) is 48.0. The van der Waals surface area contributed by atoms with Gasteiger partial charge in [0.15, 0.2) is 0 Å². The summed E-state index contributed by atoms with van der Waals surface area (Å²) < 4.78 is 0. The Kier molecular flexibility index (Phi) is 2.57. The van der Waals surface area contributed by atoms with Gasteiger partial charge in [0.1, 0.15) is 0 Å². The van der Waals surface area contributed by atoms with Crippen molar-refractivity contribution in [1.82, 2.24) is 0 Å². The maximum Gasteiger partial charge on any atom is 0.0918 e. The summed E-state index contributed by atoms with van der Waals surface area (Å²) in [7, 11) is 0. The van der Waals surface area contributed by atoms with Gasteiger partial charge in [0.2, 0.25) is 0 Å². The third-order valence-corrected chi connectivity index (χ3v) is 2.52. The molecule has 0 unspecified atom stereocenters. The molecule has 0 amide bonds. The smallest absolute Gasteiger partial charge is 0.0918 e. The van der Waals surface area contributed by atoms with Gasteiger partial charge in [0.05, 0.1) is 12.2 Å². The standard InChI is InChI=1S/C6H12O3S/c7-2-3-1-4(10)6(9)5(3)8/h3-10H,1-2H2/t3-,4-,5-,6+/m1/s1. The molecule has 3 nitrogen and oxygen atoms in total. The first-order valence-corrected chi connectivity index (χ1v) is 3.83. The fourth-order valence-corrected chi connectivity index (χ4v) is 1.73. The number of rotatable bonds is 1. The van der Waals surface area contributed by atoms with Crippen LogP contribution in [0.25, 0.3) is 0 Å². The zero-order valence-electron chi connectivity index (χ0n) is 5.51. The molecule has 0 aromatic heterocycles. The topological polar surface area (TPSA) is 60.7 Å². The van der Waals surface area contributed by atoms with Crippen LogP contribution in [-0.4, -0.2) is 39.4 Å². The van der Waals surface area contributed by atoms with Crippen molar-refractivity contribution in [3.8, 4) is 0 Å². The Hall–Kier alpha value is 0.230.